The van der Waals surface area contributed by atoms with E-state index in [9.17, 15) is 14.4 Å². The van der Waals surface area contributed by atoms with Gasteiger partial charge in [-0.2, -0.15) is 0 Å². The van der Waals surface area contributed by atoms with Crippen molar-refractivity contribution in [3.8, 4) is 0 Å². The second kappa shape index (κ2) is 3.52. The Kier molecular flexibility index (Phi) is 2.34. The molecule has 0 saturated carbocycles. The molecule has 0 aromatic rings. The Hall–Kier alpha value is -1.59. The normalized spacial score (nSPS) is 29.0. The lowest BCUT2D eigenvalue weighted by molar-refractivity contribution is -0.143. The van der Waals surface area contributed by atoms with Gasteiger partial charge >= 0.3 is 12.1 Å². The first kappa shape index (κ1) is 9.95. The topological polar surface area (TPSA) is 72.9 Å². The minimum absolute atomic E-state index is 0.0210. The fraction of sp³-hybridized carbons (Fsp3) is 0.667. The number of carbonyl (C=O) groups excluding carboxylic acids is 3. The van der Waals surface area contributed by atoms with E-state index in [0.29, 0.717) is 0 Å². The van der Waals surface area contributed by atoms with Crippen LogP contribution in [0.1, 0.15) is 6.42 Å². The molecule has 82 valence electrons. The summed E-state index contributed by atoms with van der Waals surface area (Å²) in [6.07, 6.45) is -0.451. The van der Waals surface area contributed by atoms with E-state index in [0.717, 1.165) is 0 Å². The zero-order chi connectivity index (χ0) is 11.0. The van der Waals surface area contributed by atoms with E-state index in [1.807, 2.05) is 0 Å². The molecule has 0 unspecified atom stereocenters. The minimum atomic E-state index is -0.472. The number of methoxy groups -OCH3 is 1. The average Bonchev–Trinajstić information content (AvgIpc) is 2.70. The second-order valence-electron chi connectivity index (χ2n) is 3.63. The van der Waals surface area contributed by atoms with Crippen LogP contribution >= 0.6 is 0 Å². The highest BCUT2D eigenvalue weighted by atomic mass is 16.6. The fourth-order valence-corrected chi connectivity index (χ4v) is 1.99. The number of ether oxygens (including phenoxy) is 2. The predicted molar refractivity (Wildman–Crippen MR) is 47.0 cm³/mol. The Morgan fingerprint density at radius 3 is 3.00 bits per heavy atom. The summed E-state index contributed by atoms with van der Waals surface area (Å²) < 4.78 is 9.30. The minimum Gasteiger partial charge on any atom is -0.469 e. The molecule has 6 heteroatoms. The fourth-order valence-electron chi connectivity index (χ4n) is 1.99. The number of rotatable bonds is 2. The number of hydrogen-bond acceptors (Lipinski definition) is 5. The average molecular weight is 213 g/mol. The maximum Gasteiger partial charge on any atom is 0.410 e. The van der Waals surface area contributed by atoms with Crippen LogP contribution in [-0.2, 0) is 19.1 Å². The van der Waals surface area contributed by atoms with Crippen molar-refractivity contribution in [2.75, 3.05) is 20.3 Å². The van der Waals surface area contributed by atoms with Crippen LogP contribution in [0, 0.1) is 5.92 Å². The van der Waals surface area contributed by atoms with Gasteiger partial charge in [-0.3, -0.25) is 14.5 Å². The maximum absolute atomic E-state index is 11.5. The van der Waals surface area contributed by atoms with E-state index >= 15 is 0 Å². The van der Waals surface area contributed by atoms with E-state index in [2.05, 4.69) is 4.74 Å². The van der Waals surface area contributed by atoms with E-state index in [1.54, 1.807) is 0 Å². The van der Waals surface area contributed by atoms with E-state index in [4.69, 9.17) is 4.74 Å². The van der Waals surface area contributed by atoms with Gasteiger partial charge in [0.15, 0.2) is 5.78 Å². The smallest absolute Gasteiger partial charge is 0.410 e. The number of ketones is 1. The lowest BCUT2D eigenvalue weighted by atomic mass is 9.96. The SMILES string of the molecule is COC(=O)C[C@H]1C(=O)CN2C(=O)OC[C@H]12. The van der Waals surface area contributed by atoms with Crippen molar-refractivity contribution in [3.63, 3.8) is 0 Å². The highest BCUT2D eigenvalue weighted by Crippen LogP contribution is 2.29. The molecule has 2 fully saturated rings. The van der Waals surface area contributed by atoms with Gasteiger partial charge in [-0.25, -0.2) is 4.79 Å². The number of Topliss-reactive ketones (excluding diaryl/α,β-unsaturated/α-hetero) is 1. The van der Waals surface area contributed by atoms with Crippen LogP contribution in [0.3, 0.4) is 0 Å². The zero-order valence-electron chi connectivity index (χ0n) is 8.26. The van der Waals surface area contributed by atoms with Crippen molar-refractivity contribution in [1.29, 1.82) is 0 Å². The van der Waals surface area contributed by atoms with Crippen LogP contribution in [0.25, 0.3) is 0 Å². The number of cyclic esters (lactones) is 1. The van der Waals surface area contributed by atoms with Gasteiger partial charge in [0, 0.05) is 0 Å². The van der Waals surface area contributed by atoms with Gasteiger partial charge in [0.1, 0.15) is 6.61 Å². The number of carbonyl (C=O) groups is 3. The number of esters is 1. The standard InChI is InChI=1S/C9H11NO5/c1-14-8(12)2-5-6-4-15-9(13)10(6)3-7(5)11/h5-6H,2-4H2,1H3/t5-,6-/m1/s1. The highest BCUT2D eigenvalue weighted by Gasteiger charge is 2.49. The summed E-state index contributed by atoms with van der Waals surface area (Å²) >= 11 is 0. The van der Waals surface area contributed by atoms with Crippen LogP contribution < -0.4 is 0 Å². The Bertz CT molecular complexity index is 326. The largest absolute Gasteiger partial charge is 0.469 e. The summed E-state index contributed by atoms with van der Waals surface area (Å²) in [7, 11) is 1.27. The summed E-state index contributed by atoms with van der Waals surface area (Å²) in [5.41, 5.74) is 0. The summed E-state index contributed by atoms with van der Waals surface area (Å²) in [6, 6.07) is -0.288. The summed E-state index contributed by atoms with van der Waals surface area (Å²) in [6.45, 7) is 0.234. The quantitative estimate of drug-likeness (QED) is 0.582. The van der Waals surface area contributed by atoms with Gasteiger partial charge in [-0.15, -0.1) is 0 Å². The number of fused-ring (bicyclic) bond motifs is 1. The molecule has 0 bridgehead atoms. The molecule has 1 amide bonds. The van der Waals surface area contributed by atoms with Gasteiger partial charge in [0.25, 0.3) is 0 Å². The monoisotopic (exact) mass is 213 g/mol. The molecule has 0 radical (unpaired) electrons. The number of hydrogen-bond donors (Lipinski definition) is 0. The summed E-state index contributed by atoms with van der Waals surface area (Å²) in [4.78, 5) is 35.1. The van der Waals surface area contributed by atoms with Crippen LogP contribution in [0.2, 0.25) is 0 Å². The first-order valence-corrected chi connectivity index (χ1v) is 4.66. The summed E-state index contributed by atoms with van der Waals surface area (Å²) in [5.74, 6) is -1.000. The molecular weight excluding hydrogens is 202 g/mol. The zero-order valence-corrected chi connectivity index (χ0v) is 8.26. The van der Waals surface area contributed by atoms with Crippen LogP contribution in [0.4, 0.5) is 4.79 Å². The molecule has 2 aliphatic heterocycles. The second-order valence-corrected chi connectivity index (χ2v) is 3.63. The Morgan fingerprint density at radius 2 is 2.33 bits per heavy atom. The van der Waals surface area contributed by atoms with Crippen molar-refractivity contribution < 1.29 is 23.9 Å². The first-order chi connectivity index (χ1) is 7.13. The van der Waals surface area contributed by atoms with Crippen LogP contribution in [0.5, 0.6) is 0 Å². The molecule has 2 heterocycles. The van der Waals surface area contributed by atoms with Gasteiger partial charge in [-0.1, -0.05) is 0 Å². The molecule has 0 aromatic carbocycles. The van der Waals surface area contributed by atoms with Crippen molar-refractivity contribution >= 4 is 17.8 Å². The molecule has 2 saturated heterocycles. The molecule has 0 aliphatic carbocycles. The molecule has 2 rings (SSSR count). The predicted octanol–water partition coefficient (Wildman–Crippen LogP) is -0.431. The van der Waals surface area contributed by atoms with Gasteiger partial charge in [-0.05, 0) is 0 Å². The number of amides is 1. The maximum atomic E-state index is 11.5. The van der Waals surface area contributed by atoms with Crippen molar-refractivity contribution in [2.24, 2.45) is 5.92 Å². The molecule has 0 spiro atoms. The van der Waals surface area contributed by atoms with Crippen molar-refractivity contribution in [2.45, 2.75) is 12.5 Å². The van der Waals surface area contributed by atoms with Gasteiger partial charge in [0.2, 0.25) is 0 Å². The first-order valence-electron chi connectivity index (χ1n) is 4.66. The van der Waals surface area contributed by atoms with E-state index in [-0.39, 0.29) is 31.4 Å². The summed E-state index contributed by atoms with van der Waals surface area (Å²) in [5, 5.41) is 0. The van der Waals surface area contributed by atoms with Gasteiger partial charge < -0.3 is 9.47 Å². The third-order valence-corrected chi connectivity index (χ3v) is 2.83. The van der Waals surface area contributed by atoms with Gasteiger partial charge in [0.05, 0.1) is 32.0 Å². The molecule has 6 nitrogen and oxygen atoms in total. The lowest BCUT2D eigenvalue weighted by Crippen LogP contribution is -2.31. The Balaban J connectivity index is 2.09. The van der Waals surface area contributed by atoms with Crippen molar-refractivity contribution in [3.05, 3.63) is 0 Å². The van der Waals surface area contributed by atoms with Crippen LogP contribution in [-0.4, -0.2) is 49.0 Å². The molecule has 0 aromatic heterocycles. The van der Waals surface area contributed by atoms with E-state index < -0.39 is 18.0 Å². The third-order valence-electron chi connectivity index (χ3n) is 2.83. The molecular formula is C9H11NO5. The highest BCUT2D eigenvalue weighted by molar-refractivity contribution is 5.93. The molecule has 0 N–H and O–H groups in total. The van der Waals surface area contributed by atoms with E-state index in [1.165, 1.54) is 12.0 Å². The number of nitrogens with zero attached hydrogens (tertiary/aromatic N) is 1. The molecule has 2 aliphatic rings. The Labute approximate surface area is 86.1 Å². The van der Waals surface area contributed by atoms with Crippen LogP contribution in [0.15, 0.2) is 0 Å². The Morgan fingerprint density at radius 1 is 1.60 bits per heavy atom. The molecule has 2 atom stereocenters. The third kappa shape index (κ3) is 1.55. The van der Waals surface area contributed by atoms with Crippen molar-refractivity contribution in [1.82, 2.24) is 4.90 Å². The lowest BCUT2D eigenvalue weighted by Gasteiger charge is -2.13. The molecule has 15 heavy (non-hydrogen) atoms.